The van der Waals surface area contributed by atoms with Gasteiger partial charge in [-0.1, -0.05) is 58.3 Å². The Labute approximate surface area is 304 Å². The summed E-state index contributed by atoms with van der Waals surface area (Å²) in [6.07, 6.45) is 7.17. The largest absolute Gasteiger partial charge is 0.433 e. The minimum atomic E-state index is -0.602. The van der Waals surface area contributed by atoms with Gasteiger partial charge in [-0.15, -0.1) is 26.8 Å². The lowest BCUT2D eigenvalue weighted by Crippen LogP contribution is -2.36. The summed E-state index contributed by atoms with van der Waals surface area (Å²) in [6.45, 7) is 18.3. The van der Waals surface area contributed by atoms with E-state index in [1.54, 1.807) is 6.20 Å². The molecule has 1 fully saturated rings. The van der Waals surface area contributed by atoms with Crippen LogP contribution < -0.4 is 9.64 Å². The van der Waals surface area contributed by atoms with Gasteiger partial charge in [0, 0.05) is 43.3 Å². The maximum absolute atomic E-state index is 12.3. The summed E-state index contributed by atoms with van der Waals surface area (Å²) in [5.41, 5.74) is 5.11. The van der Waals surface area contributed by atoms with Gasteiger partial charge in [0.25, 0.3) is 0 Å². The molecule has 4 aromatic rings. The van der Waals surface area contributed by atoms with Crippen LogP contribution >= 0.6 is 11.8 Å². The highest BCUT2D eigenvalue weighted by Gasteiger charge is 2.31. The normalized spacial score (nSPS) is 16.1. The molecule has 0 N–H and O–H groups in total. The molecule has 0 spiro atoms. The Hall–Kier alpha value is -4.64. The zero-order valence-corrected chi connectivity index (χ0v) is 31.6. The van der Waals surface area contributed by atoms with E-state index < -0.39 is 6.23 Å². The summed E-state index contributed by atoms with van der Waals surface area (Å²) in [7, 11) is 0. The second kappa shape index (κ2) is 14.9. The quantitative estimate of drug-likeness (QED) is 0.0678. The van der Waals surface area contributed by atoms with Crippen molar-refractivity contribution in [1.82, 2.24) is 19.9 Å². The number of aromatic nitrogens is 4. The second-order valence-corrected chi connectivity index (χ2v) is 14.9. The van der Waals surface area contributed by atoms with Gasteiger partial charge >= 0.3 is 12.3 Å². The predicted molar refractivity (Wildman–Crippen MR) is 204 cm³/mol. The van der Waals surface area contributed by atoms with Crippen LogP contribution in [0.5, 0.6) is 5.75 Å². The van der Waals surface area contributed by atoms with Crippen molar-refractivity contribution < 1.29 is 18.8 Å². The SMILES string of the molecule is CCC(C)(C)c1ccc(OC(C)[N+](=C=O)c2ccc(-c3nc4n(n3)N=C(SC)C4=Nc3ccc(N4CCOCC4)nc3)cc2)c(C(C)(C)CC)c1. The third-order valence-corrected chi connectivity index (χ3v) is 10.8. The van der Waals surface area contributed by atoms with E-state index in [2.05, 4.69) is 79.8 Å². The number of benzene rings is 2. The Morgan fingerprint density at radius 2 is 1.75 bits per heavy atom. The van der Waals surface area contributed by atoms with E-state index in [0.29, 0.717) is 41.9 Å². The summed E-state index contributed by atoms with van der Waals surface area (Å²) in [6, 6.07) is 17.9. The summed E-state index contributed by atoms with van der Waals surface area (Å²) in [5.74, 6) is 2.73. The van der Waals surface area contributed by atoms with Crippen LogP contribution in [0.1, 0.15) is 78.3 Å². The summed E-state index contributed by atoms with van der Waals surface area (Å²) in [5, 5.41) is 10.0. The first-order valence-corrected chi connectivity index (χ1v) is 18.8. The number of rotatable bonds is 11. The van der Waals surface area contributed by atoms with Gasteiger partial charge in [0.2, 0.25) is 11.5 Å². The number of hydrogen-bond donors (Lipinski definition) is 0. The smallest absolute Gasteiger partial charge is 0.433 e. The highest BCUT2D eigenvalue weighted by molar-refractivity contribution is 8.15. The van der Waals surface area contributed by atoms with E-state index in [0.717, 1.165) is 53.7 Å². The molecule has 4 heterocycles. The van der Waals surface area contributed by atoms with Crippen LogP contribution in [0.25, 0.3) is 11.4 Å². The number of nitrogens with zero attached hydrogens (tertiary/aromatic N) is 8. The average molecular weight is 708 g/mol. The minimum Gasteiger partial charge on any atom is -0.433 e. The fourth-order valence-electron chi connectivity index (χ4n) is 5.98. The number of hydrogen-bond acceptors (Lipinski definition) is 10. The first-order chi connectivity index (χ1) is 24.5. The van der Waals surface area contributed by atoms with Crippen LogP contribution in [-0.2, 0) is 20.4 Å². The maximum Gasteiger partial charge on any atom is 0.433 e. The van der Waals surface area contributed by atoms with E-state index in [-0.39, 0.29) is 10.8 Å². The van der Waals surface area contributed by atoms with Gasteiger partial charge in [-0.25, -0.2) is 15.0 Å². The molecular formula is C39H47N8O3S+. The van der Waals surface area contributed by atoms with Gasteiger partial charge in [-0.2, -0.15) is 4.79 Å². The molecule has 266 valence electrons. The molecule has 1 saturated heterocycles. The van der Waals surface area contributed by atoms with E-state index in [4.69, 9.17) is 19.5 Å². The topological polar surface area (TPSA) is 110 Å². The van der Waals surface area contributed by atoms with Crippen LogP contribution in [0.2, 0.25) is 0 Å². The summed E-state index contributed by atoms with van der Waals surface area (Å²) in [4.78, 5) is 30.4. The highest BCUT2D eigenvalue weighted by atomic mass is 32.2. The lowest BCUT2D eigenvalue weighted by molar-refractivity contribution is -0.521. The van der Waals surface area contributed by atoms with E-state index >= 15 is 0 Å². The molecule has 0 amide bonds. The third-order valence-electron chi connectivity index (χ3n) is 10.1. The molecule has 2 aromatic carbocycles. The molecule has 0 radical (unpaired) electrons. The summed E-state index contributed by atoms with van der Waals surface area (Å²) >= 11 is 1.49. The van der Waals surface area contributed by atoms with Crippen molar-refractivity contribution in [3.05, 3.63) is 77.7 Å². The number of morpholine rings is 1. The predicted octanol–water partition coefficient (Wildman–Crippen LogP) is 7.62. The third kappa shape index (κ3) is 7.54. The van der Waals surface area contributed by atoms with Crippen molar-refractivity contribution in [2.75, 3.05) is 37.5 Å². The molecule has 0 aliphatic carbocycles. The molecule has 1 unspecified atom stereocenters. The number of thioether (sulfide) groups is 1. The molecule has 51 heavy (non-hydrogen) atoms. The van der Waals surface area contributed by atoms with Crippen molar-refractivity contribution >= 4 is 45.8 Å². The van der Waals surface area contributed by atoms with Gasteiger partial charge < -0.3 is 14.4 Å². The number of ether oxygens (including phenoxy) is 2. The molecule has 2 aliphatic rings. The maximum atomic E-state index is 12.3. The molecular weight excluding hydrogens is 661 g/mol. The van der Waals surface area contributed by atoms with Gasteiger partial charge in [0.1, 0.15) is 22.3 Å². The first-order valence-electron chi connectivity index (χ1n) is 17.5. The Balaban J connectivity index is 1.21. The van der Waals surface area contributed by atoms with Gasteiger partial charge in [0.05, 0.1) is 25.1 Å². The lowest BCUT2D eigenvalue weighted by Gasteiger charge is -2.30. The van der Waals surface area contributed by atoms with Crippen LogP contribution in [0.3, 0.4) is 0 Å². The molecule has 1 atom stereocenters. The Bertz CT molecular complexity index is 1990. The second-order valence-electron chi connectivity index (χ2n) is 14.1. The first kappa shape index (κ1) is 36.2. The van der Waals surface area contributed by atoms with Crippen LogP contribution in [-0.4, -0.2) is 80.1 Å². The van der Waals surface area contributed by atoms with Gasteiger partial charge in [-0.3, -0.25) is 0 Å². The molecule has 11 nitrogen and oxygen atoms in total. The van der Waals surface area contributed by atoms with Crippen molar-refractivity contribution in [3.8, 4) is 17.1 Å². The standard InChI is InChI=1S/C39H47N8O3S/c1-9-38(4,5)28-13-17-32(31(23-28)39(6,7)10-2)50-26(3)46(25-48)30-15-11-27(12-16-30)35-42-36-34(37(51-8)44-47(36)43-35)41-29-14-18-33(40-24-29)45-19-21-49-22-20-45/h11-18,23-24,26H,9-10,19-22H2,1-8H3/q+1. The Morgan fingerprint density at radius 1 is 1.02 bits per heavy atom. The number of pyridine rings is 1. The van der Waals surface area contributed by atoms with E-state index in [1.807, 2.05) is 55.6 Å². The lowest BCUT2D eigenvalue weighted by atomic mass is 9.76. The van der Waals surface area contributed by atoms with Crippen molar-refractivity contribution in [1.29, 1.82) is 0 Å². The molecule has 2 aromatic heterocycles. The molecule has 2 aliphatic heterocycles. The molecule has 0 bridgehead atoms. The fourth-order valence-corrected chi connectivity index (χ4v) is 6.47. The van der Waals surface area contributed by atoms with Crippen LogP contribution in [0.4, 0.5) is 17.2 Å². The number of carbonyl (C=O) groups excluding carboxylic acids is 1. The zero-order valence-electron chi connectivity index (χ0n) is 30.8. The van der Waals surface area contributed by atoms with Gasteiger partial charge in [-0.05, 0) is 65.8 Å². The number of isocyanates is 1. The average Bonchev–Trinajstić information content (AvgIpc) is 3.71. The van der Waals surface area contributed by atoms with Crippen LogP contribution in [0.15, 0.2) is 70.9 Å². The minimum absolute atomic E-state index is 0.0439. The number of anilines is 1. The molecule has 6 rings (SSSR count). The van der Waals surface area contributed by atoms with Crippen molar-refractivity contribution in [2.45, 2.75) is 78.4 Å². The number of aliphatic imine (C=N–C) groups is 1. The van der Waals surface area contributed by atoms with Crippen molar-refractivity contribution in [2.24, 2.45) is 10.1 Å². The Kier molecular flexibility index (Phi) is 10.6. The van der Waals surface area contributed by atoms with E-state index in [1.165, 1.54) is 26.7 Å². The number of fused-ring (bicyclic) bond motifs is 1. The van der Waals surface area contributed by atoms with Crippen LogP contribution in [0, 0.1) is 0 Å². The molecule has 12 heteroatoms. The zero-order chi connectivity index (χ0) is 36.3. The molecule has 0 saturated carbocycles. The fraction of sp³-hybridized carbons (Fsp3) is 0.436. The van der Waals surface area contributed by atoms with Crippen molar-refractivity contribution in [3.63, 3.8) is 0 Å². The Morgan fingerprint density at radius 3 is 2.37 bits per heavy atom. The highest BCUT2D eigenvalue weighted by Crippen LogP contribution is 2.39. The summed E-state index contributed by atoms with van der Waals surface area (Å²) < 4.78 is 13.4. The van der Waals surface area contributed by atoms with Gasteiger partial charge in [0.15, 0.2) is 5.82 Å². The van der Waals surface area contributed by atoms with E-state index in [9.17, 15) is 4.79 Å². The monoisotopic (exact) mass is 707 g/mol.